The molecule has 3 N–H and O–H groups in total. The van der Waals surface area contributed by atoms with Crippen molar-refractivity contribution < 1.29 is 9.59 Å². The predicted molar refractivity (Wildman–Crippen MR) is 69.0 cm³/mol. The first-order valence-electron chi connectivity index (χ1n) is 7.03. The van der Waals surface area contributed by atoms with Crippen molar-refractivity contribution in [1.29, 1.82) is 0 Å². The van der Waals surface area contributed by atoms with E-state index in [0.717, 1.165) is 25.8 Å². The minimum Gasteiger partial charge on any atom is -0.354 e. The fourth-order valence-corrected chi connectivity index (χ4v) is 2.27. The van der Waals surface area contributed by atoms with Gasteiger partial charge in [-0.15, -0.1) is 0 Å². The maximum atomic E-state index is 11.5. The van der Waals surface area contributed by atoms with E-state index in [2.05, 4.69) is 16.0 Å². The maximum absolute atomic E-state index is 11.5. The van der Waals surface area contributed by atoms with Crippen molar-refractivity contribution in [1.82, 2.24) is 16.0 Å². The molecule has 0 spiro atoms. The van der Waals surface area contributed by atoms with Gasteiger partial charge < -0.3 is 16.0 Å². The Balaban J connectivity index is 1.45. The number of carbonyl (C=O) groups excluding carboxylic acids is 2. The number of amides is 2. The molecule has 0 aromatic carbocycles. The SMILES string of the molecule is O=C(CCC1CCCN1)NCCNC(=O)C1CC1. The molecule has 102 valence electrons. The van der Waals surface area contributed by atoms with Crippen molar-refractivity contribution in [2.45, 2.75) is 44.6 Å². The fourth-order valence-electron chi connectivity index (χ4n) is 2.27. The summed E-state index contributed by atoms with van der Waals surface area (Å²) in [4.78, 5) is 22.9. The van der Waals surface area contributed by atoms with Gasteiger partial charge in [0, 0.05) is 31.5 Å². The van der Waals surface area contributed by atoms with Crippen LogP contribution in [0, 0.1) is 5.92 Å². The predicted octanol–water partition coefficient (Wildman–Crippen LogP) is 0.161. The molecule has 0 aromatic heterocycles. The zero-order chi connectivity index (χ0) is 12.8. The molecule has 5 nitrogen and oxygen atoms in total. The number of hydrogen-bond acceptors (Lipinski definition) is 3. The van der Waals surface area contributed by atoms with Crippen molar-refractivity contribution in [3.8, 4) is 0 Å². The highest BCUT2D eigenvalue weighted by molar-refractivity contribution is 5.81. The molecule has 2 fully saturated rings. The Morgan fingerprint density at radius 3 is 2.56 bits per heavy atom. The molecule has 1 unspecified atom stereocenters. The van der Waals surface area contributed by atoms with Gasteiger partial charge in [0.05, 0.1) is 0 Å². The van der Waals surface area contributed by atoms with Gasteiger partial charge in [0.1, 0.15) is 0 Å². The Labute approximate surface area is 108 Å². The van der Waals surface area contributed by atoms with Crippen molar-refractivity contribution >= 4 is 11.8 Å². The van der Waals surface area contributed by atoms with Gasteiger partial charge in [-0.05, 0) is 38.6 Å². The molecule has 1 atom stereocenters. The van der Waals surface area contributed by atoms with Crippen LogP contribution in [-0.2, 0) is 9.59 Å². The Bertz CT molecular complexity index is 297. The van der Waals surface area contributed by atoms with E-state index in [1.54, 1.807) is 0 Å². The van der Waals surface area contributed by atoms with Gasteiger partial charge in [0.15, 0.2) is 0 Å². The lowest BCUT2D eigenvalue weighted by atomic mass is 10.1. The average molecular weight is 253 g/mol. The minimum absolute atomic E-state index is 0.0874. The van der Waals surface area contributed by atoms with Crippen LogP contribution in [0.25, 0.3) is 0 Å². The third-order valence-electron chi connectivity index (χ3n) is 3.58. The van der Waals surface area contributed by atoms with Crippen LogP contribution >= 0.6 is 0 Å². The lowest BCUT2D eigenvalue weighted by molar-refractivity contribution is -0.123. The molecule has 2 rings (SSSR count). The number of carbonyl (C=O) groups is 2. The second kappa shape index (κ2) is 6.73. The minimum atomic E-state index is 0.0874. The van der Waals surface area contributed by atoms with Gasteiger partial charge in [-0.1, -0.05) is 0 Å². The van der Waals surface area contributed by atoms with Crippen LogP contribution in [0.15, 0.2) is 0 Å². The normalized spacial score (nSPS) is 22.8. The molecular weight excluding hydrogens is 230 g/mol. The van der Waals surface area contributed by atoms with Crippen molar-refractivity contribution in [3.63, 3.8) is 0 Å². The number of rotatable bonds is 7. The van der Waals surface area contributed by atoms with Crippen LogP contribution in [-0.4, -0.2) is 37.5 Å². The Hall–Kier alpha value is -1.10. The van der Waals surface area contributed by atoms with Gasteiger partial charge in [0.25, 0.3) is 0 Å². The van der Waals surface area contributed by atoms with Crippen LogP contribution in [0.1, 0.15) is 38.5 Å². The third-order valence-corrected chi connectivity index (χ3v) is 3.58. The summed E-state index contributed by atoms with van der Waals surface area (Å²) in [6.07, 6.45) is 5.94. The van der Waals surface area contributed by atoms with Gasteiger partial charge in [0.2, 0.25) is 11.8 Å². The van der Waals surface area contributed by atoms with E-state index in [-0.39, 0.29) is 17.7 Å². The topological polar surface area (TPSA) is 70.2 Å². The van der Waals surface area contributed by atoms with E-state index in [4.69, 9.17) is 0 Å². The first-order chi connectivity index (χ1) is 8.75. The van der Waals surface area contributed by atoms with Crippen LogP contribution in [0.4, 0.5) is 0 Å². The van der Waals surface area contributed by atoms with E-state index in [0.29, 0.717) is 25.6 Å². The van der Waals surface area contributed by atoms with E-state index in [1.807, 2.05) is 0 Å². The molecule has 1 aliphatic heterocycles. The molecule has 2 aliphatic rings. The van der Waals surface area contributed by atoms with Crippen LogP contribution in [0.3, 0.4) is 0 Å². The number of nitrogens with one attached hydrogen (secondary N) is 3. The monoisotopic (exact) mass is 253 g/mol. The van der Waals surface area contributed by atoms with E-state index in [9.17, 15) is 9.59 Å². The number of hydrogen-bond donors (Lipinski definition) is 3. The van der Waals surface area contributed by atoms with Crippen LogP contribution in [0.5, 0.6) is 0 Å². The Morgan fingerprint density at radius 2 is 1.89 bits per heavy atom. The summed E-state index contributed by atoms with van der Waals surface area (Å²) in [5, 5.41) is 9.05. The summed E-state index contributed by atoms with van der Waals surface area (Å²) >= 11 is 0. The summed E-state index contributed by atoms with van der Waals surface area (Å²) < 4.78 is 0. The molecule has 0 radical (unpaired) electrons. The smallest absolute Gasteiger partial charge is 0.223 e. The molecule has 0 bridgehead atoms. The van der Waals surface area contributed by atoms with Crippen molar-refractivity contribution in [2.75, 3.05) is 19.6 Å². The van der Waals surface area contributed by atoms with Crippen LogP contribution < -0.4 is 16.0 Å². The largest absolute Gasteiger partial charge is 0.354 e. The summed E-state index contributed by atoms with van der Waals surface area (Å²) in [5.41, 5.74) is 0. The van der Waals surface area contributed by atoms with Crippen molar-refractivity contribution in [2.24, 2.45) is 5.92 Å². The average Bonchev–Trinajstić information content (AvgIpc) is 3.09. The molecule has 1 aliphatic carbocycles. The van der Waals surface area contributed by atoms with E-state index in [1.165, 1.54) is 12.8 Å². The quantitative estimate of drug-likeness (QED) is 0.566. The van der Waals surface area contributed by atoms with Crippen molar-refractivity contribution in [3.05, 3.63) is 0 Å². The lowest BCUT2D eigenvalue weighted by Gasteiger charge is -2.10. The molecular formula is C13H23N3O2. The zero-order valence-corrected chi connectivity index (χ0v) is 10.8. The van der Waals surface area contributed by atoms with Gasteiger partial charge in [-0.2, -0.15) is 0 Å². The molecule has 5 heteroatoms. The summed E-state index contributed by atoms with van der Waals surface area (Å²) in [6, 6.07) is 0.519. The highest BCUT2D eigenvalue weighted by Gasteiger charge is 2.28. The molecule has 1 saturated heterocycles. The maximum Gasteiger partial charge on any atom is 0.223 e. The molecule has 2 amide bonds. The van der Waals surface area contributed by atoms with Gasteiger partial charge >= 0.3 is 0 Å². The second-order valence-electron chi connectivity index (χ2n) is 5.25. The highest BCUT2D eigenvalue weighted by atomic mass is 16.2. The molecule has 18 heavy (non-hydrogen) atoms. The zero-order valence-electron chi connectivity index (χ0n) is 10.8. The molecule has 0 aromatic rings. The first-order valence-corrected chi connectivity index (χ1v) is 7.03. The highest BCUT2D eigenvalue weighted by Crippen LogP contribution is 2.28. The van der Waals surface area contributed by atoms with E-state index < -0.39 is 0 Å². The molecule has 1 heterocycles. The standard InChI is InChI=1S/C13H23N3O2/c17-12(6-5-11-2-1-7-14-11)15-8-9-16-13(18)10-3-4-10/h10-11,14H,1-9H2,(H,15,17)(H,16,18). The Morgan fingerprint density at radius 1 is 1.11 bits per heavy atom. The summed E-state index contributed by atoms with van der Waals surface area (Å²) in [6.45, 7) is 2.16. The molecule has 1 saturated carbocycles. The first kappa shape index (κ1) is 13.3. The van der Waals surface area contributed by atoms with Gasteiger partial charge in [-0.3, -0.25) is 9.59 Å². The summed E-state index contributed by atoms with van der Waals surface area (Å²) in [5.74, 6) is 0.470. The van der Waals surface area contributed by atoms with Crippen LogP contribution in [0.2, 0.25) is 0 Å². The fraction of sp³-hybridized carbons (Fsp3) is 0.846. The van der Waals surface area contributed by atoms with Gasteiger partial charge in [-0.25, -0.2) is 0 Å². The second-order valence-corrected chi connectivity index (χ2v) is 5.25. The third kappa shape index (κ3) is 4.64. The lowest BCUT2D eigenvalue weighted by Crippen LogP contribution is -2.35. The van der Waals surface area contributed by atoms with E-state index >= 15 is 0 Å². The summed E-state index contributed by atoms with van der Waals surface area (Å²) in [7, 11) is 0. The Kier molecular flexibility index (Phi) is 4.99.